The van der Waals surface area contributed by atoms with Crippen LogP contribution < -0.4 is 10.1 Å². The van der Waals surface area contributed by atoms with E-state index in [-0.39, 0.29) is 18.3 Å². The molecule has 164 valence electrons. The fraction of sp³-hybridized carbons (Fsp3) is 0.333. The number of ether oxygens (including phenoxy) is 2. The van der Waals surface area contributed by atoms with Crippen LogP contribution in [0.25, 0.3) is 11.4 Å². The molecule has 0 radical (unpaired) electrons. The number of anilines is 1. The maximum atomic E-state index is 12.5. The molecule has 3 aromatic rings. The molecule has 0 atom stereocenters. The zero-order valence-electron chi connectivity index (χ0n) is 18.0. The second-order valence-electron chi connectivity index (χ2n) is 6.64. The molecule has 1 amide bonds. The third-order valence-corrected chi connectivity index (χ3v) is 6.78. The SMILES string of the molecule is CCOC(=O)c1c(NC(=O)CSc2nnc(-c3ccc(OC)cc3)n2C)sc(C)c1C. The third kappa shape index (κ3) is 5.08. The smallest absolute Gasteiger partial charge is 0.341 e. The summed E-state index contributed by atoms with van der Waals surface area (Å²) < 4.78 is 12.1. The van der Waals surface area contributed by atoms with Gasteiger partial charge in [0.05, 0.1) is 25.0 Å². The van der Waals surface area contributed by atoms with Crippen molar-refractivity contribution in [2.75, 3.05) is 24.8 Å². The lowest BCUT2D eigenvalue weighted by molar-refractivity contribution is -0.113. The first-order valence-corrected chi connectivity index (χ1v) is 11.4. The first-order valence-electron chi connectivity index (χ1n) is 9.59. The number of hydrogen-bond donors (Lipinski definition) is 1. The van der Waals surface area contributed by atoms with E-state index >= 15 is 0 Å². The molecule has 1 aromatic carbocycles. The second-order valence-corrected chi connectivity index (χ2v) is 8.81. The first kappa shape index (κ1) is 22.8. The second kappa shape index (κ2) is 9.97. The van der Waals surface area contributed by atoms with Gasteiger partial charge in [0.2, 0.25) is 5.91 Å². The third-order valence-electron chi connectivity index (χ3n) is 4.63. The Kier molecular flexibility index (Phi) is 7.34. The van der Waals surface area contributed by atoms with E-state index in [0.29, 0.717) is 21.5 Å². The van der Waals surface area contributed by atoms with Gasteiger partial charge in [0, 0.05) is 17.5 Å². The summed E-state index contributed by atoms with van der Waals surface area (Å²) >= 11 is 2.64. The zero-order chi connectivity index (χ0) is 22.5. The summed E-state index contributed by atoms with van der Waals surface area (Å²) in [6.07, 6.45) is 0. The highest BCUT2D eigenvalue weighted by Gasteiger charge is 2.22. The molecule has 0 bridgehead atoms. The quantitative estimate of drug-likeness (QED) is 0.400. The van der Waals surface area contributed by atoms with Gasteiger partial charge in [0.15, 0.2) is 11.0 Å². The van der Waals surface area contributed by atoms with Gasteiger partial charge >= 0.3 is 5.97 Å². The van der Waals surface area contributed by atoms with Gasteiger partial charge in [-0.05, 0) is 50.6 Å². The van der Waals surface area contributed by atoms with Crippen LogP contribution in [0, 0.1) is 13.8 Å². The summed E-state index contributed by atoms with van der Waals surface area (Å²) in [7, 11) is 3.47. The maximum absolute atomic E-state index is 12.5. The van der Waals surface area contributed by atoms with Crippen LogP contribution in [0.5, 0.6) is 5.75 Å². The van der Waals surface area contributed by atoms with Gasteiger partial charge in [-0.2, -0.15) is 0 Å². The number of methoxy groups -OCH3 is 1. The lowest BCUT2D eigenvalue weighted by atomic mass is 10.1. The van der Waals surface area contributed by atoms with E-state index in [1.165, 1.54) is 23.1 Å². The van der Waals surface area contributed by atoms with Gasteiger partial charge in [0.1, 0.15) is 10.8 Å². The van der Waals surface area contributed by atoms with E-state index in [4.69, 9.17) is 9.47 Å². The molecule has 31 heavy (non-hydrogen) atoms. The minimum Gasteiger partial charge on any atom is -0.497 e. The molecule has 8 nitrogen and oxygen atoms in total. The topological polar surface area (TPSA) is 95.3 Å². The fourth-order valence-electron chi connectivity index (χ4n) is 2.89. The molecule has 1 N–H and O–H groups in total. The number of benzene rings is 1. The van der Waals surface area contributed by atoms with Crippen LogP contribution in [0.2, 0.25) is 0 Å². The van der Waals surface area contributed by atoms with E-state index in [0.717, 1.165) is 21.8 Å². The Morgan fingerprint density at radius 2 is 1.90 bits per heavy atom. The molecule has 0 aliphatic rings. The van der Waals surface area contributed by atoms with E-state index in [1.54, 1.807) is 14.0 Å². The standard InChI is InChI=1S/C21H24N4O4S2/c1-6-29-20(27)17-12(2)13(3)31-19(17)22-16(26)11-30-21-24-23-18(25(21)4)14-7-9-15(28-5)10-8-14/h7-10H,6,11H2,1-5H3,(H,22,26). The van der Waals surface area contributed by atoms with Crippen molar-refractivity contribution in [3.05, 3.63) is 40.3 Å². The molecule has 2 heterocycles. The molecule has 0 spiro atoms. The number of amides is 1. The summed E-state index contributed by atoms with van der Waals surface area (Å²) in [4.78, 5) is 25.8. The Morgan fingerprint density at radius 1 is 1.19 bits per heavy atom. The van der Waals surface area contributed by atoms with Gasteiger partial charge in [-0.25, -0.2) is 4.79 Å². The predicted octanol–water partition coefficient (Wildman–Crippen LogP) is 4.08. The summed E-state index contributed by atoms with van der Waals surface area (Å²) in [5.74, 6) is 0.931. The average molecular weight is 461 g/mol. The number of thiophene rings is 1. The minimum atomic E-state index is -0.426. The normalized spacial score (nSPS) is 10.7. The maximum Gasteiger partial charge on any atom is 0.341 e. The van der Waals surface area contributed by atoms with Gasteiger partial charge in [-0.3, -0.25) is 4.79 Å². The number of nitrogens with one attached hydrogen (secondary N) is 1. The largest absolute Gasteiger partial charge is 0.497 e. The van der Waals surface area contributed by atoms with Crippen molar-refractivity contribution in [1.29, 1.82) is 0 Å². The average Bonchev–Trinajstić information content (AvgIpc) is 3.25. The van der Waals surface area contributed by atoms with Crippen LogP contribution in [-0.2, 0) is 16.6 Å². The Labute approximate surface area is 189 Å². The Morgan fingerprint density at radius 3 is 2.55 bits per heavy atom. The summed E-state index contributed by atoms with van der Waals surface area (Å²) in [5, 5.41) is 12.4. The molecule has 3 rings (SSSR count). The highest BCUT2D eigenvalue weighted by molar-refractivity contribution is 7.99. The monoisotopic (exact) mass is 460 g/mol. The lowest BCUT2D eigenvalue weighted by Crippen LogP contribution is -2.16. The molecular formula is C21H24N4O4S2. The van der Waals surface area contributed by atoms with Crippen molar-refractivity contribution < 1.29 is 19.1 Å². The minimum absolute atomic E-state index is 0.132. The van der Waals surface area contributed by atoms with Crippen molar-refractivity contribution >= 4 is 40.0 Å². The molecule has 0 unspecified atom stereocenters. The highest BCUT2D eigenvalue weighted by atomic mass is 32.2. The summed E-state index contributed by atoms with van der Waals surface area (Å²) in [6, 6.07) is 7.53. The summed E-state index contributed by atoms with van der Waals surface area (Å²) in [5.41, 5.74) is 2.14. The highest BCUT2D eigenvalue weighted by Crippen LogP contribution is 2.33. The van der Waals surface area contributed by atoms with Crippen LogP contribution in [0.3, 0.4) is 0 Å². The van der Waals surface area contributed by atoms with Crippen molar-refractivity contribution in [1.82, 2.24) is 14.8 Å². The predicted molar refractivity (Wildman–Crippen MR) is 122 cm³/mol. The van der Waals surface area contributed by atoms with Gasteiger partial charge in [0.25, 0.3) is 0 Å². The van der Waals surface area contributed by atoms with Crippen LogP contribution >= 0.6 is 23.1 Å². The zero-order valence-corrected chi connectivity index (χ0v) is 19.6. The number of hydrogen-bond acceptors (Lipinski definition) is 8. The van der Waals surface area contributed by atoms with Crippen LogP contribution in [0.4, 0.5) is 5.00 Å². The molecule has 0 aliphatic heterocycles. The number of rotatable bonds is 8. The first-order chi connectivity index (χ1) is 14.8. The summed E-state index contributed by atoms with van der Waals surface area (Å²) in [6.45, 7) is 5.79. The van der Waals surface area contributed by atoms with Crippen molar-refractivity contribution in [3.8, 4) is 17.1 Å². The molecule has 0 saturated carbocycles. The van der Waals surface area contributed by atoms with E-state index in [2.05, 4.69) is 15.5 Å². The Balaban J connectivity index is 1.67. The van der Waals surface area contributed by atoms with Crippen molar-refractivity contribution in [2.24, 2.45) is 7.05 Å². The Bertz CT molecular complexity index is 1090. The molecule has 0 saturated heterocycles. The van der Waals surface area contributed by atoms with E-state index < -0.39 is 5.97 Å². The molecular weight excluding hydrogens is 436 g/mol. The molecule has 10 heteroatoms. The van der Waals surface area contributed by atoms with Gasteiger partial charge in [-0.1, -0.05) is 11.8 Å². The molecule has 2 aromatic heterocycles. The van der Waals surface area contributed by atoms with E-state index in [9.17, 15) is 9.59 Å². The van der Waals surface area contributed by atoms with Crippen molar-refractivity contribution in [2.45, 2.75) is 25.9 Å². The van der Waals surface area contributed by atoms with Crippen LogP contribution in [-0.4, -0.2) is 46.1 Å². The number of carbonyl (C=O) groups is 2. The number of esters is 1. The number of aromatic nitrogens is 3. The van der Waals surface area contributed by atoms with Crippen molar-refractivity contribution in [3.63, 3.8) is 0 Å². The fourth-order valence-corrected chi connectivity index (χ4v) is 4.66. The Hall–Kier alpha value is -2.85. The number of carbonyl (C=O) groups excluding carboxylic acids is 2. The molecule has 0 aliphatic carbocycles. The van der Waals surface area contributed by atoms with E-state index in [1.807, 2.05) is 49.7 Å². The number of aryl methyl sites for hydroxylation is 1. The van der Waals surface area contributed by atoms with Gasteiger partial charge < -0.3 is 19.4 Å². The molecule has 0 fully saturated rings. The van der Waals surface area contributed by atoms with Crippen LogP contribution in [0.15, 0.2) is 29.4 Å². The number of nitrogens with zero attached hydrogens (tertiary/aromatic N) is 3. The van der Waals surface area contributed by atoms with Gasteiger partial charge in [-0.15, -0.1) is 21.5 Å². The van der Waals surface area contributed by atoms with Crippen LogP contribution in [0.1, 0.15) is 27.7 Å². The lowest BCUT2D eigenvalue weighted by Gasteiger charge is -2.07. The number of thioether (sulfide) groups is 1.